The SMILES string of the molecule is O=C1C(=CC=Cc2ccccc2)Oc2cc(OC(=O)N(c3ccccc3)c3ccccc3)ccc21. The molecule has 170 valence electrons. The number of para-hydroxylation sites is 2. The zero-order valence-corrected chi connectivity index (χ0v) is 18.7. The fourth-order valence-electron chi connectivity index (χ4n) is 3.72. The summed E-state index contributed by atoms with van der Waals surface area (Å²) >= 11 is 0. The lowest BCUT2D eigenvalue weighted by Gasteiger charge is -2.22. The number of Topliss-reactive ketones (excluding diaryl/α,β-unsaturated/α-hetero) is 1. The van der Waals surface area contributed by atoms with Gasteiger partial charge < -0.3 is 9.47 Å². The van der Waals surface area contributed by atoms with Crippen LogP contribution in [0.25, 0.3) is 6.08 Å². The van der Waals surface area contributed by atoms with Crippen LogP contribution in [0.2, 0.25) is 0 Å². The Kier molecular flexibility index (Phi) is 6.22. The lowest BCUT2D eigenvalue weighted by molar-refractivity contribution is 0.101. The van der Waals surface area contributed by atoms with Gasteiger partial charge in [0.05, 0.1) is 16.9 Å². The first-order chi connectivity index (χ1) is 17.2. The summed E-state index contributed by atoms with van der Waals surface area (Å²) < 4.78 is 11.4. The summed E-state index contributed by atoms with van der Waals surface area (Å²) in [7, 11) is 0. The van der Waals surface area contributed by atoms with Crippen LogP contribution in [0.3, 0.4) is 0 Å². The number of ether oxygens (including phenoxy) is 2. The highest BCUT2D eigenvalue weighted by molar-refractivity contribution is 6.12. The number of hydrogen-bond donors (Lipinski definition) is 0. The summed E-state index contributed by atoms with van der Waals surface area (Å²) in [6, 6.07) is 33.0. The maximum Gasteiger partial charge on any atom is 0.424 e. The van der Waals surface area contributed by atoms with Gasteiger partial charge in [-0.05, 0) is 48.0 Å². The number of fused-ring (bicyclic) bond motifs is 1. The van der Waals surface area contributed by atoms with Crippen molar-refractivity contribution in [2.24, 2.45) is 0 Å². The fourth-order valence-corrected chi connectivity index (χ4v) is 3.72. The summed E-state index contributed by atoms with van der Waals surface area (Å²) in [5, 5.41) is 0. The molecule has 0 unspecified atom stereocenters. The first-order valence-corrected chi connectivity index (χ1v) is 11.1. The molecule has 0 N–H and O–H groups in total. The van der Waals surface area contributed by atoms with E-state index in [4.69, 9.17) is 9.47 Å². The van der Waals surface area contributed by atoms with Gasteiger partial charge in [-0.2, -0.15) is 0 Å². The van der Waals surface area contributed by atoms with Crippen molar-refractivity contribution in [3.63, 3.8) is 0 Å². The summed E-state index contributed by atoms with van der Waals surface area (Å²) in [4.78, 5) is 27.4. The van der Waals surface area contributed by atoms with Gasteiger partial charge in [0.25, 0.3) is 0 Å². The summed E-state index contributed by atoms with van der Waals surface area (Å²) in [6.45, 7) is 0. The van der Waals surface area contributed by atoms with Gasteiger partial charge in [0.1, 0.15) is 11.5 Å². The predicted molar refractivity (Wildman–Crippen MR) is 136 cm³/mol. The molecule has 0 atom stereocenters. The highest BCUT2D eigenvalue weighted by Crippen LogP contribution is 2.35. The van der Waals surface area contributed by atoms with E-state index in [2.05, 4.69) is 0 Å². The molecular formula is C30H21NO4. The zero-order chi connectivity index (χ0) is 24.0. The number of carbonyl (C=O) groups is 2. The molecule has 0 saturated carbocycles. The van der Waals surface area contributed by atoms with Crippen molar-refractivity contribution in [1.82, 2.24) is 0 Å². The van der Waals surface area contributed by atoms with E-state index in [0.717, 1.165) is 5.56 Å². The molecule has 5 heteroatoms. The summed E-state index contributed by atoms with van der Waals surface area (Å²) in [5.41, 5.74) is 2.79. The first kappa shape index (κ1) is 21.9. The summed E-state index contributed by atoms with van der Waals surface area (Å²) in [6.07, 6.45) is 4.72. The van der Waals surface area contributed by atoms with Crippen LogP contribution in [0, 0.1) is 0 Å². The molecule has 0 fully saturated rings. The van der Waals surface area contributed by atoms with Crippen LogP contribution in [0.1, 0.15) is 15.9 Å². The molecule has 0 aliphatic carbocycles. The molecule has 35 heavy (non-hydrogen) atoms. The van der Waals surface area contributed by atoms with Crippen LogP contribution in [0.4, 0.5) is 16.2 Å². The van der Waals surface area contributed by atoms with E-state index in [1.54, 1.807) is 30.4 Å². The number of hydrogen-bond acceptors (Lipinski definition) is 4. The number of allylic oxidation sites excluding steroid dienone is 3. The van der Waals surface area contributed by atoms with Gasteiger partial charge in [0, 0.05) is 6.07 Å². The quantitative estimate of drug-likeness (QED) is 0.296. The smallest absolute Gasteiger partial charge is 0.424 e. The zero-order valence-electron chi connectivity index (χ0n) is 18.7. The minimum absolute atomic E-state index is 0.214. The molecule has 5 nitrogen and oxygen atoms in total. The topological polar surface area (TPSA) is 55.8 Å². The van der Waals surface area contributed by atoms with Crippen molar-refractivity contribution in [2.75, 3.05) is 4.90 Å². The van der Waals surface area contributed by atoms with E-state index < -0.39 is 6.09 Å². The average Bonchev–Trinajstić information content (AvgIpc) is 3.20. The number of benzene rings is 4. The molecular weight excluding hydrogens is 438 g/mol. The van der Waals surface area contributed by atoms with Crippen LogP contribution in [-0.4, -0.2) is 11.9 Å². The van der Waals surface area contributed by atoms with Crippen LogP contribution in [0.15, 0.2) is 127 Å². The number of ketones is 1. The molecule has 1 heterocycles. The van der Waals surface area contributed by atoms with Crippen molar-refractivity contribution in [1.29, 1.82) is 0 Å². The van der Waals surface area contributed by atoms with E-state index >= 15 is 0 Å². The van der Waals surface area contributed by atoms with Crippen molar-refractivity contribution in [3.8, 4) is 11.5 Å². The molecule has 4 aromatic carbocycles. The molecule has 5 rings (SSSR count). The van der Waals surface area contributed by atoms with Crippen LogP contribution in [-0.2, 0) is 0 Å². The van der Waals surface area contributed by atoms with Crippen LogP contribution >= 0.6 is 0 Å². The maximum atomic E-state index is 13.2. The Balaban J connectivity index is 1.35. The third kappa shape index (κ3) is 4.89. The number of rotatable bonds is 5. The largest absolute Gasteiger partial charge is 0.452 e. The first-order valence-electron chi connectivity index (χ1n) is 11.1. The molecule has 0 spiro atoms. The van der Waals surface area contributed by atoms with E-state index in [1.807, 2.05) is 97.1 Å². The van der Waals surface area contributed by atoms with Crippen molar-refractivity contribution in [2.45, 2.75) is 0 Å². The van der Waals surface area contributed by atoms with Gasteiger partial charge in [-0.3, -0.25) is 4.79 Å². The van der Waals surface area contributed by atoms with E-state index in [9.17, 15) is 9.59 Å². The molecule has 4 aromatic rings. The van der Waals surface area contributed by atoms with Crippen molar-refractivity contribution < 1.29 is 19.1 Å². The standard InChI is InChI=1S/C30H21NO4/c32-29-26-20-19-25(21-28(26)35-27(29)18-10-13-22-11-4-1-5-12-22)34-30(33)31(23-14-6-2-7-15-23)24-16-8-3-9-17-24/h1-21H. The fraction of sp³-hybridized carbons (Fsp3) is 0. The van der Waals surface area contributed by atoms with Gasteiger partial charge in [0.15, 0.2) is 5.76 Å². The molecule has 1 aliphatic rings. The number of amides is 1. The number of anilines is 2. The Morgan fingerprint density at radius 1 is 0.771 bits per heavy atom. The molecule has 1 aliphatic heterocycles. The average molecular weight is 460 g/mol. The molecule has 1 amide bonds. The Morgan fingerprint density at radius 2 is 1.37 bits per heavy atom. The lowest BCUT2D eigenvalue weighted by Crippen LogP contribution is -2.29. The number of nitrogens with zero attached hydrogens (tertiary/aromatic N) is 1. The second kappa shape index (κ2) is 9.93. The van der Waals surface area contributed by atoms with Crippen LogP contribution < -0.4 is 14.4 Å². The van der Waals surface area contributed by atoms with Crippen molar-refractivity contribution in [3.05, 3.63) is 138 Å². The normalized spacial score (nSPS) is 13.5. The predicted octanol–water partition coefficient (Wildman–Crippen LogP) is 7.20. The van der Waals surface area contributed by atoms with E-state index in [0.29, 0.717) is 22.7 Å². The molecule has 0 saturated heterocycles. The van der Waals surface area contributed by atoms with Gasteiger partial charge >= 0.3 is 6.09 Å². The van der Waals surface area contributed by atoms with Gasteiger partial charge in [-0.15, -0.1) is 0 Å². The van der Waals surface area contributed by atoms with E-state index in [1.165, 1.54) is 4.90 Å². The minimum Gasteiger partial charge on any atom is -0.452 e. The van der Waals surface area contributed by atoms with Gasteiger partial charge in [-0.25, -0.2) is 9.69 Å². The third-order valence-corrected chi connectivity index (χ3v) is 5.39. The van der Waals surface area contributed by atoms with Crippen molar-refractivity contribution >= 4 is 29.3 Å². The van der Waals surface area contributed by atoms with Gasteiger partial charge in [-0.1, -0.05) is 78.9 Å². The second-order valence-electron chi connectivity index (χ2n) is 7.76. The second-order valence-corrected chi connectivity index (χ2v) is 7.76. The van der Waals surface area contributed by atoms with Crippen LogP contribution in [0.5, 0.6) is 11.5 Å². The number of carbonyl (C=O) groups excluding carboxylic acids is 2. The highest BCUT2D eigenvalue weighted by Gasteiger charge is 2.28. The Bertz CT molecular complexity index is 1370. The Labute approximate surface area is 203 Å². The summed E-state index contributed by atoms with van der Waals surface area (Å²) in [5.74, 6) is 0.627. The maximum absolute atomic E-state index is 13.2. The third-order valence-electron chi connectivity index (χ3n) is 5.39. The molecule has 0 radical (unpaired) electrons. The highest BCUT2D eigenvalue weighted by atomic mass is 16.6. The molecule has 0 aromatic heterocycles. The monoisotopic (exact) mass is 459 g/mol. The van der Waals surface area contributed by atoms with Gasteiger partial charge in [0.2, 0.25) is 5.78 Å². The minimum atomic E-state index is -0.576. The Hall–Kier alpha value is -4.90. The van der Waals surface area contributed by atoms with E-state index in [-0.39, 0.29) is 17.3 Å². The molecule has 0 bridgehead atoms. The Morgan fingerprint density at radius 3 is 2.00 bits per heavy atom. The lowest BCUT2D eigenvalue weighted by atomic mass is 10.1.